The fourth-order valence-electron chi connectivity index (χ4n) is 3.80. The highest BCUT2D eigenvalue weighted by Crippen LogP contribution is 2.44. The maximum atomic E-state index is 12.4. The second-order valence-electron chi connectivity index (χ2n) is 7.18. The van der Waals surface area contributed by atoms with Crippen LogP contribution in [-0.2, 0) is 9.53 Å². The normalized spacial score (nSPS) is 11.3. The van der Waals surface area contributed by atoms with Crippen molar-refractivity contribution in [2.24, 2.45) is 0 Å². The Morgan fingerprint density at radius 1 is 0.938 bits per heavy atom. The van der Waals surface area contributed by atoms with Crippen molar-refractivity contribution in [1.82, 2.24) is 15.2 Å². The molecule has 1 heterocycles. The number of benzene rings is 3. The number of amides is 1. The number of nitrogens with one attached hydrogen (secondary N) is 1. The Labute approximate surface area is 188 Å². The smallest absolute Gasteiger partial charge is 0.339 e. The average Bonchev–Trinajstić information content (AvgIpc) is 3.14. The summed E-state index contributed by atoms with van der Waals surface area (Å²) >= 11 is 1.37. The van der Waals surface area contributed by atoms with Crippen LogP contribution >= 0.6 is 11.8 Å². The van der Waals surface area contributed by atoms with E-state index in [0.717, 1.165) is 33.3 Å². The molecule has 4 aromatic rings. The van der Waals surface area contributed by atoms with Gasteiger partial charge in [-0.2, -0.15) is 0 Å². The number of methoxy groups -OCH3 is 1. The van der Waals surface area contributed by atoms with Crippen molar-refractivity contribution in [3.8, 4) is 22.5 Å². The van der Waals surface area contributed by atoms with Crippen molar-refractivity contribution in [2.45, 2.75) is 11.6 Å². The SMILES string of the molecule is COC(=O)c1ccccc1NC(=O)CCSc1nnc2c(n1)-c1cccc3cccc-2c13. The minimum atomic E-state index is -0.496. The van der Waals surface area contributed by atoms with Crippen LogP contribution in [0, 0.1) is 0 Å². The Hall–Kier alpha value is -3.78. The van der Waals surface area contributed by atoms with E-state index >= 15 is 0 Å². The largest absolute Gasteiger partial charge is 0.465 e. The number of esters is 1. The number of fused-ring (bicyclic) bond motifs is 3. The molecule has 1 aromatic heterocycles. The highest BCUT2D eigenvalue weighted by Gasteiger charge is 2.24. The molecule has 0 atom stereocenters. The first-order chi connectivity index (χ1) is 15.7. The molecule has 0 radical (unpaired) electrons. The third-order valence-electron chi connectivity index (χ3n) is 5.25. The van der Waals surface area contributed by atoms with E-state index < -0.39 is 5.97 Å². The van der Waals surface area contributed by atoms with Crippen LogP contribution in [0.1, 0.15) is 16.8 Å². The number of nitrogens with zero attached hydrogens (tertiary/aromatic N) is 3. The molecule has 0 aliphatic heterocycles. The van der Waals surface area contributed by atoms with Crippen LogP contribution in [0.15, 0.2) is 65.8 Å². The number of carbonyl (C=O) groups is 2. The van der Waals surface area contributed by atoms with E-state index in [1.165, 1.54) is 18.9 Å². The zero-order valence-electron chi connectivity index (χ0n) is 17.2. The van der Waals surface area contributed by atoms with Gasteiger partial charge in [-0.15, -0.1) is 10.2 Å². The van der Waals surface area contributed by atoms with Gasteiger partial charge in [-0.1, -0.05) is 60.3 Å². The number of anilines is 1. The number of hydrogen-bond acceptors (Lipinski definition) is 7. The van der Waals surface area contributed by atoms with Gasteiger partial charge < -0.3 is 10.1 Å². The highest BCUT2D eigenvalue weighted by molar-refractivity contribution is 7.99. The Kier molecular flexibility index (Phi) is 5.28. The molecule has 1 N–H and O–H groups in total. The molecule has 7 nitrogen and oxygen atoms in total. The first-order valence-electron chi connectivity index (χ1n) is 10.0. The lowest BCUT2D eigenvalue weighted by Crippen LogP contribution is -2.15. The van der Waals surface area contributed by atoms with E-state index in [1.54, 1.807) is 24.3 Å². The fraction of sp³-hybridized carbons (Fsp3) is 0.125. The fourth-order valence-corrected chi connectivity index (χ4v) is 4.53. The summed E-state index contributed by atoms with van der Waals surface area (Å²) in [5.74, 6) is -0.229. The average molecular weight is 443 g/mol. The third-order valence-corrected chi connectivity index (χ3v) is 6.09. The van der Waals surface area contributed by atoms with Gasteiger partial charge in [-0.3, -0.25) is 4.79 Å². The van der Waals surface area contributed by atoms with Crippen LogP contribution in [0.2, 0.25) is 0 Å². The van der Waals surface area contributed by atoms with E-state index in [9.17, 15) is 9.59 Å². The lowest BCUT2D eigenvalue weighted by molar-refractivity contribution is -0.115. The van der Waals surface area contributed by atoms with E-state index in [2.05, 4.69) is 27.6 Å². The first kappa shape index (κ1) is 20.1. The van der Waals surface area contributed by atoms with Gasteiger partial charge in [0.25, 0.3) is 0 Å². The van der Waals surface area contributed by atoms with Crippen LogP contribution in [0.5, 0.6) is 0 Å². The Balaban J connectivity index is 1.27. The second kappa shape index (κ2) is 8.39. The molecule has 1 aliphatic rings. The van der Waals surface area contributed by atoms with Gasteiger partial charge in [0.05, 0.1) is 18.4 Å². The van der Waals surface area contributed by atoms with Gasteiger partial charge in [0.1, 0.15) is 11.4 Å². The van der Waals surface area contributed by atoms with Crippen molar-refractivity contribution in [3.63, 3.8) is 0 Å². The molecule has 1 amide bonds. The number of carbonyl (C=O) groups excluding carboxylic acids is 2. The van der Waals surface area contributed by atoms with Crippen LogP contribution in [0.25, 0.3) is 33.3 Å². The Morgan fingerprint density at radius 2 is 1.69 bits per heavy atom. The zero-order chi connectivity index (χ0) is 22.1. The number of thioether (sulfide) groups is 1. The van der Waals surface area contributed by atoms with Crippen LogP contribution < -0.4 is 5.32 Å². The summed E-state index contributed by atoms with van der Waals surface area (Å²) in [6, 6.07) is 19.0. The molecular weight excluding hydrogens is 424 g/mol. The van der Waals surface area contributed by atoms with Crippen molar-refractivity contribution >= 4 is 40.1 Å². The molecule has 0 bridgehead atoms. The van der Waals surface area contributed by atoms with Crippen molar-refractivity contribution in [2.75, 3.05) is 18.2 Å². The number of para-hydroxylation sites is 1. The predicted octanol–water partition coefficient (Wildman–Crippen LogP) is 4.58. The minimum Gasteiger partial charge on any atom is -0.465 e. The van der Waals surface area contributed by atoms with E-state index in [1.807, 2.05) is 24.3 Å². The summed E-state index contributed by atoms with van der Waals surface area (Å²) in [6.45, 7) is 0. The van der Waals surface area contributed by atoms with Crippen molar-refractivity contribution in [3.05, 3.63) is 66.2 Å². The maximum absolute atomic E-state index is 12.4. The summed E-state index contributed by atoms with van der Waals surface area (Å²) in [7, 11) is 1.31. The number of ether oxygens (including phenoxy) is 1. The predicted molar refractivity (Wildman–Crippen MR) is 124 cm³/mol. The molecule has 3 aromatic carbocycles. The first-order valence-corrected chi connectivity index (χ1v) is 11.0. The van der Waals surface area contributed by atoms with Gasteiger partial charge in [0.15, 0.2) is 0 Å². The van der Waals surface area contributed by atoms with Gasteiger partial charge in [-0.25, -0.2) is 9.78 Å². The standard InChI is InChI=1S/C24H18N4O3S/c1-31-23(30)15-8-2-3-11-18(15)25-19(29)12-13-32-24-26-21-16-9-4-6-14-7-5-10-17(20(14)16)22(21)27-28-24/h2-11H,12-13H2,1H3,(H,25,29). The quantitative estimate of drug-likeness (QED) is 0.304. The van der Waals surface area contributed by atoms with Crippen LogP contribution in [-0.4, -0.2) is 39.9 Å². The number of rotatable bonds is 6. The minimum absolute atomic E-state index is 0.208. The summed E-state index contributed by atoms with van der Waals surface area (Å²) < 4.78 is 4.76. The maximum Gasteiger partial charge on any atom is 0.339 e. The zero-order valence-corrected chi connectivity index (χ0v) is 18.0. The molecule has 158 valence electrons. The Bertz CT molecular complexity index is 1370. The molecule has 0 spiro atoms. The molecule has 0 saturated heterocycles. The van der Waals surface area contributed by atoms with Crippen molar-refractivity contribution < 1.29 is 14.3 Å². The van der Waals surface area contributed by atoms with E-state index in [-0.39, 0.29) is 12.3 Å². The van der Waals surface area contributed by atoms with Crippen LogP contribution in [0.3, 0.4) is 0 Å². The summed E-state index contributed by atoms with van der Waals surface area (Å²) in [4.78, 5) is 29.0. The highest BCUT2D eigenvalue weighted by atomic mass is 32.2. The molecule has 0 fully saturated rings. The molecular formula is C24H18N4O3S. The third kappa shape index (κ3) is 3.58. The molecule has 5 rings (SSSR count). The lowest BCUT2D eigenvalue weighted by Gasteiger charge is -2.09. The van der Waals surface area contributed by atoms with Crippen LogP contribution in [0.4, 0.5) is 5.69 Å². The topological polar surface area (TPSA) is 94.1 Å². The molecule has 32 heavy (non-hydrogen) atoms. The summed E-state index contributed by atoms with van der Waals surface area (Å²) in [5.41, 5.74) is 4.46. The van der Waals surface area contributed by atoms with Crippen molar-refractivity contribution in [1.29, 1.82) is 0 Å². The number of aromatic nitrogens is 3. The lowest BCUT2D eigenvalue weighted by atomic mass is 10.0. The second-order valence-corrected chi connectivity index (χ2v) is 8.25. The Morgan fingerprint density at radius 3 is 2.47 bits per heavy atom. The van der Waals surface area contributed by atoms with Gasteiger partial charge in [0, 0.05) is 28.7 Å². The summed E-state index contributed by atoms with van der Waals surface area (Å²) in [5, 5.41) is 14.3. The molecule has 1 aliphatic carbocycles. The van der Waals surface area contributed by atoms with Gasteiger partial charge in [-0.05, 0) is 17.5 Å². The van der Waals surface area contributed by atoms with Gasteiger partial charge in [0.2, 0.25) is 11.1 Å². The molecule has 0 unspecified atom stereocenters. The van der Waals surface area contributed by atoms with E-state index in [4.69, 9.17) is 9.72 Å². The molecule has 8 heteroatoms. The number of hydrogen-bond donors (Lipinski definition) is 1. The van der Waals surface area contributed by atoms with Gasteiger partial charge >= 0.3 is 5.97 Å². The summed E-state index contributed by atoms with van der Waals surface area (Å²) in [6.07, 6.45) is 0.233. The monoisotopic (exact) mass is 442 g/mol. The molecule has 0 saturated carbocycles. The van der Waals surface area contributed by atoms with E-state index in [0.29, 0.717) is 22.2 Å².